The van der Waals surface area contributed by atoms with E-state index in [1.807, 2.05) is 43.3 Å². The Bertz CT molecular complexity index is 808. The average Bonchev–Trinajstić information content (AvgIpc) is 2.58. The van der Waals surface area contributed by atoms with Crippen LogP contribution in [-0.4, -0.2) is 18.9 Å². The normalized spacial score (nSPS) is 12.4. The van der Waals surface area contributed by atoms with E-state index in [1.165, 1.54) is 6.92 Å². The second kappa shape index (κ2) is 9.46. The fraction of sp³-hybridized carbons (Fsp3) is 0.263. The highest BCUT2D eigenvalue weighted by Crippen LogP contribution is 2.26. The minimum atomic E-state index is -0.0961. The van der Waals surface area contributed by atoms with Crippen molar-refractivity contribution in [2.24, 2.45) is 4.99 Å². The van der Waals surface area contributed by atoms with Crippen LogP contribution in [0.15, 0.2) is 47.5 Å². The van der Waals surface area contributed by atoms with Gasteiger partial charge in [-0.1, -0.05) is 41.4 Å². The number of hydrogen-bond donors (Lipinski definition) is 3. The lowest BCUT2D eigenvalue weighted by molar-refractivity contribution is -0.114. The van der Waals surface area contributed by atoms with Crippen molar-refractivity contribution < 1.29 is 4.79 Å². The highest BCUT2D eigenvalue weighted by molar-refractivity contribution is 6.35. The van der Waals surface area contributed by atoms with Crippen LogP contribution in [0.5, 0.6) is 0 Å². The molecule has 0 spiro atoms. The van der Waals surface area contributed by atoms with Gasteiger partial charge in [0.25, 0.3) is 0 Å². The maximum absolute atomic E-state index is 11.2. The lowest BCUT2D eigenvalue weighted by Crippen LogP contribution is -2.38. The first-order valence-electron chi connectivity index (χ1n) is 8.17. The van der Waals surface area contributed by atoms with E-state index in [0.717, 1.165) is 16.8 Å². The van der Waals surface area contributed by atoms with Gasteiger partial charge in [0.2, 0.25) is 5.91 Å². The largest absolute Gasteiger partial charge is 0.352 e. The third-order valence-electron chi connectivity index (χ3n) is 3.71. The molecule has 2 aromatic rings. The summed E-state index contributed by atoms with van der Waals surface area (Å²) in [6.07, 6.45) is 0. The van der Waals surface area contributed by atoms with Crippen LogP contribution < -0.4 is 16.0 Å². The molecule has 0 radical (unpaired) electrons. The van der Waals surface area contributed by atoms with E-state index in [2.05, 4.69) is 20.9 Å². The molecule has 0 aliphatic carbocycles. The molecule has 0 aromatic heterocycles. The molecule has 26 heavy (non-hydrogen) atoms. The molecule has 1 amide bonds. The number of hydrogen-bond acceptors (Lipinski definition) is 2. The molecule has 3 N–H and O–H groups in total. The van der Waals surface area contributed by atoms with E-state index in [-0.39, 0.29) is 11.9 Å². The Balaban J connectivity index is 1.98. The van der Waals surface area contributed by atoms with Crippen molar-refractivity contribution in [2.45, 2.75) is 26.4 Å². The summed E-state index contributed by atoms with van der Waals surface area (Å²) < 4.78 is 0. The standard InChI is InChI=1S/C19H22Cl2N4O/c1-12(17-8-7-15(20)10-18(17)21)24-19(22-3)23-11-14-5-4-6-16(9-14)25-13(2)26/h4-10,12H,11H2,1-3H3,(H,25,26)(H2,22,23,24). The van der Waals surface area contributed by atoms with Gasteiger partial charge in [-0.05, 0) is 42.3 Å². The molecule has 138 valence electrons. The SMILES string of the molecule is CN=C(NCc1cccc(NC(C)=O)c1)NC(C)c1ccc(Cl)cc1Cl. The first-order chi connectivity index (χ1) is 12.4. The van der Waals surface area contributed by atoms with Crippen LogP contribution in [0, 0.1) is 0 Å². The highest BCUT2D eigenvalue weighted by Gasteiger charge is 2.12. The van der Waals surface area contributed by atoms with Gasteiger partial charge in [-0.25, -0.2) is 0 Å². The molecule has 5 nitrogen and oxygen atoms in total. The smallest absolute Gasteiger partial charge is 0.221 e. The second-order valence-electron chi connectivity index (χ2n) is 5.84. The van der Waals surface area contributed by atoms with E-state index >= 15 is 0 Å². The van der Waals surface area contributed by atoms with Gasteiger partial charge in [0, 0.05) is 36.2 Å². The summed E-state index contributed by atoms with van der Waals surface area (Å²) in [5.41, 5.74) is 2.73. The van der Waals surface area contributed by atoms with Gasteiger partial charge < -0.3 is 16.0 Å². The number of carbonyl (C=O) groups is 1. The van der Waals surface area contributed by atoms with Gasteiger partial charge in [0.15, 0.2) is 5.96 Å². The van der Waals surface area contributed by atoms with Gasteiger partial charge in [-0.2, -0.15) is 0 Å². The quantitative estimate of drug-likeness (QED) is 0.522. The number of nitrogens with zero attached hydrogens (tertiary/aromatic N) is 1. The summed E-state index contributed by atoms with van der Waals surface area (Å²) in [6, 6.07) is 13.0. The van der Waals surface area contributed by atoms with Crippen molar-refractivity contribution >= 4 is 40.8 Å². The third-order valence-corrected chi connectivity index (χ3v) is 4.28. The van der Waals surface area contributed by atoms with E-state index in [1.54, 1.807) is 13.1 Å². The molecule has 1 atom stereocenters. The molecule has 7 heteroatoms. The molecular weight excluding hydrogens is 371 g/mol. The summed E-state index contributed by atoms with van der Waals surface area (Å²) in [5.74, 6) is 0.551. The van der Waals surface area contributed by atoms with Crippen molar-refractivity contribution in [3.63, 3.8) is 0 Å². The molecule has 0 bridgehead atoms. The number of rotatable bonds is 5. The van der Waals surface area contributed by atoms with Gasteiger partial charge in [0.1, 0.15) is 0 Å². The Morgan fingerprint density at radius 1 is 1.19 bits per heavy atom. The van der Waals surface area contributed by atoms with Crippen LogP contribution in [0.3, 0.4) is 0 Å². The van der Waals surface area contributed by atoms with Crippen LogP contribution in [0.1, 0.15) is 31.0 Å². The summed E-state index contributed by atoms with van der Waals surface area (Å²) in [7, 11) is 1.71. The lowest BCUT2D eigenvalue weighted by Gasteiger charge is -2.19. The first-order valence-corrected chi connectivity index (χ1v) is 8.93. The monoisotopic (exact) mass is 392 g/mol. The maximum atomic E-state index is 11.2. The predicted molar refractivity (Wildman–Crippen MR) is 109 cm³/mol. The average molecular weight is 393 g/mol. The number of guanidine groups is 1. The molecule has 0 heterocycles. The zero-order chi connectivity index (χ0) is 19.1. The summed E-state index contributed by atoms with van der Waals surface area (Å²) in [4.78, 5) is 15.4. The summed E-state index contributed by atoms with van der Waals surface area (Å²) in [6.45, 7) is 4.05. The van der Waals surface area contributed by atoms with Gasteiger partial charge >= 0.3 is 0 Å². The number of amides is 1. The molecule has 0 aliphatic rings. The van der Waals surface area contributed by atoms with Crippen molar-refractivity contribution in [1.82, 2.24) is 10.6 Å². The Kier molecular flexibility index (Phi) is 7.30. The first kappa shape index (κ1) is 20.1. The number of anilines is 1. The van der Waals surface area contributed by atoms with Crippen LogP contribution in [0.25, 0.3) is 0 Å². The van der Waals surface area contributed by atoms with Gasteiger partial charge in [-0.3, -0.25) is 9.79 Å². The van der Waals surface area contributed by atoms with Crippen LogP contribution in [-0.2, 0) is 11.3 Å². The number of carbonyl (C=O) groups excluding carboxylic acids is 1. The number of nitrogens with one attached hydrogen (secondary N) is 3. The van der Waals surface area contributed by atoms with E-state index in [4.69, 9.17) is 23.2 Å². The second-order valence-corrected chi connectivity index (χ2v) is 6.68. The number of benzene rings is 2. The number of aliphatic imine (C=N–C) groups is 1. The molecule has 2 rings (SSSR count). The Hall–Kier alpha value is -2.24. The summed E-state index contributed by atoms with van der Waals surface area (Å²) in [5, 5.41) is 10.5. The minimum absolute atomic E-state index is 0.0447. The van der Waals surface area contributed by atoms with Crippen LogP contribution >= 0.6 is 23.2 Å². The van der Waals surface area contributed by atoms with Crippen LogP contribution in [0.4, 0.5) is 5.69 Å². The molecule has 0 saturated carbocycles. The third kappa shape index (κ3) is 5.93. The Labute approximate surface area is 163 Å². The zero-order valence-electron chi connectivity index (χ0n) is 14.9. The van der Waals surface area contributed by atoms with Crippen molar-refractivity contribution in [1.29, 1.82) is 0 Å². The molecule has 0 saturated heterocycles. The predicted octanol–water partition coefficient (Wildman–Crippen LogP) is 4.38. The Morgan fingerprint density at radius 2 is 1.96 bits per heavy atom. The molecule has 0 fully saturated rings. The van der Waals surface area contributed by atoms with Gasteiger partial charge in [-0.15, -0.1) is 0 Å². The zero-order valence-corrected chi connectivity index (χ0v) is 16.4. The van der Waals surface area contributed by atoms with Crippen molar-refractivity contribution in [3.05, 3.63) is 63.6 Å². The molecule has 2 aromatic carbocycles. The molecular formula is C19H22Cl2N4O. The maximum Gasteiger partial charge on any atom is 0.221 e. The molecule has 1 unspecified atom stereocenters. The molecule has 0 aliphatic heterocycles. The van der Waals surface area contributed by atoms with Crippen molar-refractivity contribution in [2.75, 3.05) is 12.4 Å². The van der Waals surface area contributed by atoms with Gasteiger partial charge in [0.05, 0.1) is 6.04 Å². The number of halogens is 2. The van der Waals surface area contributed by atoms with Crippen molar-refractivity contribution in [3.8, 4) is 0 Å². The topological polar surface area (TPSA) is 65.5 Å². The van der Waals surface area contributed by atoms with E-state index < -0.39 is 0 Å². The fourth-order valence-electron chi connectivity index (χ4n) is 2.48. The Morgan fingerprint density at radius 3 is 2.62 bits per heavy atom. The lowest BCUT2D eigenvalue weighted by atomic mass is 10.1. The minimum Gasteiger partial charge on any atom is -0.352 e. The van der Waals surface area contributed by atoms with Crippen LogP contribution in [0.2, 0.25) is 10.0 Å². The van der Waals surface area contributed by atoms with E-state index in [0.29, 0.717) is 22.5 Å². The summed E-state index contributed by atoms with van der Waals surface area (Å²) >= 11 is 12.2. The highest BCUT2D eigenvalue weighted by atomic mass is 35.5. The van der Waals surface area contributed by atoms with E-state index in [9.17, 15) is 4.79 Å². The fourth-order valence-corrected chi connectivity index (χ4v) is 3.05.